The molecule has 0 spiro atoms. The largest absolute Gasteiger partial charge is 0.384 e. The number of carbonyl (C=O) groups excluding carboxylic acids is 1. The number of nitrogens with zero attached hydrogens (tertiary/aromatic N) is 1. The summed E-state index contributed by atoms with van der Waals surface area (Å²) in [6, 6.07) is 12.3. The molecule has 0 aliphatic rings. The molecule has 1 atom stereocenters. The molecule has 1 heterocycles. The molecular weight excluding hydrogens is 456 g/mol. The first-order chi connectivity index (χ1) is 13.9. The van der Waals surface area contributed by atoms with Gasteiger partial charge in [-0.25, -0.2) is 0 Å². The number of pyridine rings is 1. The van der Waals surface area contributed by atoms with E-state index in [0.29, 0.717) is 21.5 Å². The lowest BCUT2D eigenvalue weighted by Gasteiger charge is -2.16. The van der Waals surface area contributed by atoms with E-state index >= 15 is 0 Å². The third-order valence-corrected chi connectivity index (χ3v) is 5.03. The summed E-state index contributed by atoms with van der Waals surface area (Å²) in [5, 5.41) is 12.7. The molecule has 0 radical (unpaired) electrons. The van der Waals surface area contributed by atoms with E-state index in [1.807, 2.05) is 23.6 Å². The SMILES string of the molecule is CC(Br)n1cc(C(=O)NCc2ccc(Cl)cc2)c(=O)c2cc(C#CCO)ccc21. The number of aromatic nitrogens is 1. The second-order valence-electron chi connectivity index (χ2n) is 6.35. The highest BCUT2D eigenvalue weighted by Gasteiger charge is 2.17. The first kappa shape index (κ1) is 21.1. The Morgan fingerprint density at radius 2 is 2.00 bits per heavy atom. The molecule has 2 N–H and O–H groups in total. The second kappa shape index (κ2) is 9.27. The van der Waals surface area contributed by atoms with Crippen LogP contribution in [0.4, 0.5) is 0 Å². The third kappa shape index (κ3) is 4.88. The van der Waals surface area contributed by atoms with Crippen LogP contribution in [0, 0.1) is 11.8 Å². The molecule has 29 heavy (non-hydrogen) atoms. The minimum absolute atomic E-state index is 0.0463. The Labute approximate surface area is 181 Å². The van der Waals surface area contributed by atoms with E-state index in [1.54, 1.807) is 36.5 Å². The van der Waals surface area contributed by atoms with Crippen LogP contribution in [0.25, 0.3) is 10.9 Å². The van der Waals surface area contributed by atoms with Gasteiger partial charge in [-0.2, -0.15) is 0 Å². The Morgan fingerprint density at radius 3 is 2.66 bits per heavy atom. The van der Waals surface area contributed by atoms with Gasteiger partial charge in [0.05, 0.1) is 10.5 Å². The molecule has 148 valence electrons. The number of benzene rings is 2. The lowest BCUT2D eigenvalue weighted by Crippen LogP contribution is -2.29. The van der Waals surface area contributed by atoms with E-state index in [9.17, 15) is 9.59 Å². The molecule has 1 amide bonds. The number of aliphatic hydroxyl groups is 1. The first-order valence-electron chi connectivity index (χ1n) is 8.86. The number of halogens is 2. The fourth-order valence-corrected chi connectivity index (χ4v) is 3.38. The summed E-state index contributed by atoms with van der Waals surface area (Å²) in [5.41, 5.74) is 1.83. The summed E-state index contributed by atoms with van der Waals surface area (Å²) < 4.78 is 1.82. The van der Waals surface area contributed by atoms with Gasteiger partial charge in [0.1, 0.15) is 12.2 Å². The Morgan fingerprint density at radius 1 is 1.28 bits per heavy atom. The number of aliphatic hydroxyl groups excluding tert-OH is 1. The fourth-order valence-electron chi connectivity index (χ4n) is 2.91. The van der Waals surface area contributed by atoms with Crippen molar-refractivity contribution < 1.29 is 9.90 Å². The van der Waals surface area contributed by atoms with E-state index in [4.69, 9.17) is 16.7 Å². The van der Waals surface area contributed by atoms with Gasteiger partial charge in [-0.1, -0.05) is 51.5 Å². The molecule has 5 nitrogen and oxygen atoms in total. The van der Waals surface area contributed by atoms with Crippen LogP contribution >= 0.6 is 27.5 Å². The van der Waals surface area contributed by atoms with Gasteiger partial charge in [-0.3, -0.25) is 9.59 Å². The predicted octanol–water partition coefficient (Wildman–Crippen LogP) is 3.84. The van der Waals surface area contributed by atoms with Crippen LogP contribution in [0.5, 0.6) is 0 Å². The zero-order chi connectivity index (χ0) is 21.0. The summed E-state index contributed by atoms with van der Waals surface area (Å²) in [6.45, 7) is 1.91. The minimum atomic E-state index is -0.458. The Balaban J connectivity index is 2.01. The highest BCUT2D eigenvalue weighted by Crippen LogP contribution is 2.22. The highest BCUT2D eigenvalue weighted by molar-refractivity contribution is 9.09. The van der Waals surface area contributed by atoms with Gasteiger partial charge in [0.2, 0.25) is 5.43 Å². The molecule has 0 saturated heterocycles. The van der Waals surface area contributed by atoms with Crippen molar-refractivity contribution in [1.29, 1.82) is 0 Å². The van der Waals surface area contributed by atoms with Crippen LogP contribution in [0.3, 0.4) is 0 Å². The van der Waals surface area contributed by atoms with Crippen LogP contribution in [0.1, 0.15) is 33.4 Å². The second-order valence-corrected chi connectivity index (χ2v) is 8.12. The number of rotatable bonds is 4. The van der Waals surface area contributed by atoms with Crippen LogP contribution < -0.4 is 10.7 Å². The summed E-state index contributed by atoms with van der Waals surface area (Å²) in [6.07, 6.45) is 1.56. The molecule has 7 heteroatoms. The maximum atomic E-state index is 13.0. The first-order valence-corrected chi connectivity index (χ1v) is 10.2. The van der Waals surface area contributed by atoms with Crippen molar-refractivity contribution in [3.8, 4) is 11.8 Å². The number of carbonyl (C=O) groups is 1. The fraction of sp³-hybridized carbons (Fsp3) is 0.182. The highest BCUT2D eigenvalue weighted by atomic mass is 79.9. The van der Waals surface area contributed by atoms with Crippen molar-refractivity contribution in [3.05, 3.63) is 80.6 Å². The molecule has 0 aliphatic heterocycles. The topological polar surface area (TPSA) is 71.3 Å². The van der Waals surface area contributed by atoms with Gasteiger partial charge in [0.15, 0.2) is 0 Å². The van der Waals surface area contributed by atoms with Crippen LogP contribution in [0.2, 0.25) is 5.02 Å². The molecular formula is C22H18BrClN2O3. The van der Waals surface area contributed by atoms with Gasteiger partial charge < -0.3 is 15.0 Å². The smallest absolute Gasteiger partial charge is 0.257 e. The van der Waals surface area contributed by atoms with Gasteiger partial charge in [-0.15, -0.1) is 0 Å². The van der Waals surface area contributed by atoms with E-state index in [1.165, 1.54) is 0 Å². The quantitative estimate of drug-likeness (QED) is 0.447. The zero-order valence-electron chi connectivity index (χ0n) is 15.6. The average Bonchev–Trinajstić information content (AvgIpc) is 2.71. The molecule has 1 unspecified atom stereocenters. The maximum absolute atomic E-state index is 13.0. The monoisotopic (exact) mass is 472 g/mol. The van der Waals surface area contributed by atoms with E-state index in [-0.39, 0.29) is 29.1 Å². The van der Waals surface area contributed by atoms with Crippen LogP contribution in [-0.4, -0.2) is 22.2 Å². The number of alkyl halides is 1. The lowest BCUT2D eigenvalue weighted by molar-refractivity contribution is 0.0949. The molecule has 0 aliphatic carbocycles. The molecule has 2 aromatic carbocycles. The summed E-state index contributed by atoms with van der Waals surface area (Å²) in [5.74, 6) is 4.90. The normalized spacial score (nSPS) is 11.6. The standard InChI is InChI=1S/C22H18BrClN2O3/c1-14(23)26-13-19(22(29)25-12-16-4-7-17(24)8-5-16)21(28)18-11-15(3-2-10-27)6-9-20(18)26/h4-9,11,13-14,27H,10,12H2,1H3,(H,25,29). The Hall–Kier alpha value is -2.59. The van der Waals surface area contributed by atoms with Crippen molar-refractivity contribution in [3.63, 3.8) is 0 Å². The van der Waals surface area contributed by atoms with E-state index in [0.717, 1.165) is 5.56 Å². The maximum Gasteiger partial charge on any atom is 0.257 e. The number of nitrogens with one attached hydrogen (secondary N) is 1. The minimum Gasteiger partial charge on any atom is -0.384 e. The summed E-state index contributed by atoms with van der Waals surface area (Å²) >= 11 is 9.39. The van der Waals surface area contributed by atoms with E-state index in [2.05, 4.69) is 33.1 Å². The predicted molar refractivity (Wildman–Crippen MR) is 118 cm³/mol. The van der Waals surface area contributed by atoms with Crippen molar-refractivity contribution in [2.45, 2.75) is 18.4 Å². The molecule has 0 saturated carbocycles. The van der Waals surface area contributed by atoms with Crippen molar-refractivity contribution in [2.24, 2.45) is 0 Å². The van der Waals surface area contributed by atoms with Gasteiger partial charge in [0, 0.05) is 28.7 Å². The van der Waals surface area contributed by atoms with Gasteiger partial charge in [-0.05, 0) is 42.8 Å². The lowest BCUT2D eigenvalue weighted by atomic mass is 10.1. The van der Waals surface area contributed by atoms with Crippen LogP contribution in [-0.2, 0) is 6.54 Å². The average molecular weight is 474 g/mol. The number of hydrogen-bond acceptors (Lipinski definition) is 3. The van der Waals surface area contributed by atoms with Crippen molar-refractivity contribution >= 4 is 44.3 Å². The van der Waals surface area contributed by atoms with Gasteiger partial charge >= 0.3 is 0 Å². The molecule has 0 fully saturated rings. The van der Waals surface area contributed by atoms with Crippen molar-refractivity contribution in [1.82, 2.24) is 9.88 Å². The van der Waals surface area contributed by atoms with Crippen LogP contribution in [0.15, 0.2) is 53.5 Å². The van der Waals surface area contributed by atoms with Gasteiger partial charge in [0.25, 0.3) is 5.91 Å². The molecule has 1 aromatic heterocycles. The van der Waals surface area contributed by atoms with E-state index < -0.39 is 5.91 Å². The number of hydrogen-bond donors (Lipinski definition) is 2. The third-order valence-electron chi connectivity index (χ3n) is 4.34. The number of fused-ring (bicyclic) bond motifs is 1. The molecule has 3 aromatic rings. The molecule has 0 bridgehead atoms. The summed E-state index contributed by atoms with van der Waals surface area (Å²) in [7, 11) is 0. The Kier molecular flexibility index (Phi) is 6.75. The Bertz CT molecular complexity index is 1170. The number of amides is 1. The summed E-state index contributed by atoms with van der Waals surface area (Å²) in [4.78, 5) is 25.6. The zero-order valence-corrected chi connectivity index (χ0v) is 17.9. The van der Waals surface area contributed by atoms with Crippen molar-refractivity contribution in [2.75, 3.05) is 6.61 Å². The molecule has 3 rings (SSSR count).